The minimum absolute atomic E-state index is 0.0834. The smallest absolute Gasteiger partial charge is 0.280 e. The molecule has 2 atom stereocenters. The molecule has 0 aromatic rings. The van der Waals surface area contributed by atoms with Crippen LogP contribution in [-0.4, -0.2) is 31.7 Å². The zero-order chi connectivity index (χ0) is 10.3. The van der Waals surface area contributed by atoms with E-state index in [1.165, 1.54) is 0 Å². The van der Waals surface area contributed by atoms with Crippen LogP contribution in [0.1, 0.15) is 0 Å². The number of guanidine groups is 1. The van der Waals surface area contributed by atoms with Gasteiger partial charge in [0.05, 0.1) is 0 Å². The number of nitrogens with one attached hydrogen (secondary N) is 4. The molecule has 14 heavy (non-hydrogen) atoms. The van der Waals surface area contributed by atoms with Crippen molar-refractivity contribution in [3.8, 4) is 0 Å². The third-order valence-electron chi connectivity index (χ3n) is 1.66. The van der Waals surface area contributed by atoms with Crippen LogP contribution in [0, 0.1) is 10.1 Å². The van der Waals surface area contributed by atoms with Gasteiger partial charge in [0.1, 0.15) is 17.4 Å². The highest BCUT2D eigenvalue weighted by Gasteiger charge is 2.42. The molecule has 2 rings (SSSR count). The molecule has 2 saturated heterocycles. The van der Waals surface area contributed by atoms with Crippen molar-refractivity contribution in [1.82, 2.24) is 20.1 Å². The number of hydrogen-bond donors (Lipinski definition) is 4. The number of hydrazone groups is 1. The lowest BCUT2D eigenvalue weighted by Gasteiger charge is -2.01. The zero-order valence-electron chi connectivity index (χ0n) is 6.59. The first kappa shape index (κ1) is 9.11. The van der Waals surface area contributed by atoms with Gasteiger partial charge in [0.25, 0.3) is 16.2 Å². The van der Waals surface area contributed by atoms with Crippen LogP contribution in [0.5, 0.6) is 0 Å². The van der Waals surface area contributed by atoms with Crippen LogP contribution in [-0.2, 0) is 10.2 Å². The Morgan fingerprint density at radius 3 is 2.21 bits per heavy atom. The lowest BCUT2D eigenvalue weighted by Crippen LogP contribution is -2.40. The fraction of sp³-hybridized carbons (Fsp3) is 0.667. The Bertz CT molecular complexity index is 379. The van der Waals surface area contributed by atoms with E-state index in [1.54, 1.807) is 0 Å². The molecule has 10 nitrogen and oxygen atoms in total. The summed E-state index contributed by atoms with van der Waals surface area (Å²) in [5.74, 6) is -0.0834. The molecule has 2 fully saturated rings. The van der Waals surface area contributed by atoms with Crippen LogP contribution >= 0.6 is 0 Å². The fourth-order valence-electron chi connectivity index (χ4n) is 1.21. The van der Waals surface area contributed by atoms with Gasteiger partial charge in [0.15, 0.2) is 5.03 Å². The minimum Gasteiger partial charge on any atom is -0.331 e. The van der Waals surface area contributed by atoms with Crippen molar-refractivity contribution in [2.45, 2.75) is 12.3 Å². The molecule has 0 radical (unpaired) electrons. The molecule has 0 aromatic heterocycles. The highest BCUT2D eigenvalue weighted by molar-refractivity contribution is 7.87. The quantitative estimate of drug-likeness (QED) is 0.272. The van der Waals surface area contributed by atoms with Crippen LogP contribution in [0.2, 0.25) is 0 Å². The van der Waals surface area contributed by atoms with E-state index in [9.17, 15) is 18.5 Å². The maximum Gasteiger partial charge on any atom is 0.280 e. The van der Waals surface area contributed by atoms with E-state index in [1.807, 2.05) is 0 Å². The Kier molecular flexibility index (Phi) is 1.80. The maximum absolute atomic E-state index is 10.9. The van der Waals surface area contributed by atoms with Crippen LogP contribution in [0.25, 0.3) is 0 Å². The van der Waals surface area contributed by atoms with Crippen LogP contribution in [0.15, 0.2) is 5.10 Å². The monoisotopic (exact) mass is 222 g/mol. The third-order valence-corrected chi connectivity index (χ3v) is 2.79. The standard InChI is InChI=1S/C3H6N6O4S/c10-9(11)6-3-4-1-2(5-3)8-14(12,13)7-1/h1-2,7-8H,(H2,4,5,6)/t1-,2-/m1/s1. The van der Waals surface area contributed by atoms with Gasteiger partial charge in [-0.15, -0.1) is 0 Å². The van der Waals surface area contributed by atoms with Gasteiger partial charge in [-0.3, -0.25) is 0 Å². The first-order valence-electron chi connectivity index (χ1n) is 3.52. The van der Waals surface area contributed by atoms with Gasteiger partial charge in [-0.1, -0.05) is 0 Å². The topological polar surface area (TPSA) is 138 Å². The Labute approximate surface area is 78.1 Å². The Morgan fingerprint density at radius 1 is 1.29 bits per heavy atom. The lowest BCUT2D eigenvalue weighted by atomic mass is 10.4. The first-order chi connectivity index (χ1) is 6.46. The predicted molar refractivity (Wildman–Crippen MR) is 43.5 cm³/mol. The number of nitro groups is 1. The summed E-state index contributed by atoms with van der Waals surface area (Å²) in [7, 11) is -3.51. The molecule has 0 bridgehead atoms. The van der Waals surface area contributed by atoms with Gasteiger partial charge in [0.2, 0.25) is 0 Å². The highest BCUT2D eigenvalue weighted by Crippen LogP contribution is 2.05. The summed E-state index contributed by atoms with van der Waals surface area (Å²) in [6, 6.07) is 0. The fourth-order valence-corrected chi connectivity index (χ4v) is 2.33. The summed E-state index contributed by atoms with van der Waals surface area (Å²) in [6.45, 7) is 0. The summed E-state index contributed by atoms with van der Waals surface area (Å²) in [4.78, 5) is 9.98. The molecule has 78 valence electrons. The highest BCUT2D eigenvalue weighted by atomic mass is 32.2. The SMILES string of the molecule is O=[N+]([O-])N=C1N[C@@H]2NS(=O)(=O)N[C@H]2N1. The van der Waals surface area contributed by atoms with E-state index in [0.29, 0.717) is 0 Å². The summed E-state index contributed by atoms with van der Waals surface area (Å²) >= 11 is 0. The van der Waals surface area contributed by atoms with E-state index >= 15 is 0 Å². The van der Waals surface area contributed by atoms with Gasteiger partial charge >= 0.3 is 0 Å². The van der Waals surface area contributed by atoms with Crippen molar-refractivity contribution in [2.75, 3.05) is 0 Å². The third kappa shape index (κ3) is 1.59. The molecule has 0 unspecified atom stereocenters. The molecule has 0 saturated carbocycles. The van der Waals surface area contributed by atoms with Crippen molar-refractivity contribution in [2.24, 2.45) is 5.10 Å². The van der Waals surface area contributed by atoms with Crippen LogP contribution < -0.4 is 20.1 Å². The van der Waals surface area contributed by atoms with Gasteiger partial charge in [-0.2, -0.15) is 17.9 Å². The molecule has 0 aromatic carbocycles. The van der Waals surface area contributed by atoms with Gasteiger partial charge in [0, 0.05) is 0 Å². The van der Waals surface area contributed by atoms with Gasteiger partial charge < -0.3 is 10.6 Å². The summed E-state index contributed by atoms with van der Waals surface area (Å²) in [6.07, 6.45) is -1.31. The molecule has 2 aliphatic heterocycles. The van der Waals surface area contributed by atoms with Gasteiger partial charge in [-0.05, 0) is 0 Å². The van der Waals surface area contributed by atoms with Crippen LogP contribution in [0.3, 0.4) is 0 Å². The molecule has 4 N–H and O–H groups in total. The van der Waals surface area contributed by atoms with Crippen LogP contribution in [0.4, 0.5) is 0 Å². The summed E-state index contributed by atoms with van der Waals surface area (Å²) in [5.41, 5.74) is 0. The number of rotatable bonds is 1. The van der Waals surface area contributed by atoms with E-state index in [-0.39, 0.29) is 5.96 Å². The number of nitrogens with zero attached hydrogens (tertiary/aromatic N) is 2. The Hall–Kier alpha value is -1.46. The summed E-state index contributed by atoms with van der Waals surface area (Å²) in [5, 5.41) is 17.0. The minimum atomic E-state index is -3.51. The van der Waals surface area contributed by atoms with Crippen molar-refractivity contribution >= 4 is 16.2 Å². The second-order valence-corrected chi connectivity index (χ2v) is 4.15. The number of fused-ring (bicyclic) bond motifs is 1. The predicted octanol–water partition coefficient (Wildman–Crippen LogP) is -3.18. The van der Waals surface area contributed by atoms with E-state index < -0.39 is 27.6 Å². The maximum atomic E-state index is 10.9. The van der Waals surface area contributed by atoms with Gasteiger partial charge in [-0.25, -0.2) is 10.1 Å². The number of hydrogen-bond acceptors (Lipinski definition) is 4. The Balaban J connectivity index is 2.11. The molecular weight excluding hydrogens is 216 g/mol. The second-order valence-electron chi connectivity index (χ2n) is 2.67. The van der Waals surface area contributed by atoms with Crippen molar-refractivity contribution in [1.29, 1.82) is 0 Å². The molecular formula is C3H6N6O4S. The van der Waals surface area contributed by atoms with E-state index in [0.717, 1.165) is 0 Å². The lowest BCUT2D eigenvalue weighted by molar-refractivity contribution is -0.485. The van der Waals surface area contributed by atoms with E-state index in [4.69, 9.17) is 0 Å². The molecule has 0 spiro atoms. The molecule has 0 aliphatic carbocycles. The zero-order valence-corrected chi connectivity index (χ0v) is 7.41. The normalized spacial score (nSPS) is 33.0. The average Bonchev–Trinajstić information content (AvgIpc) is 2.38. The molecule has 0 amide bonds. The van der Waals surface area contributed by atoms with Crippen molar-refractivity contribution < 1.29 is 13.5 Å². The van der Waals surface area contributed by atoms with Crippen molar-refractivity contribution in [3.05, 3.63) is 10.1 Å². The second kappa shape index (κ2) is 2.76. The molecule has 2 aliphatic rings. The largest absolute Gasteiger partial charge is 0.331 e. The van der Waals surface area contributed by atoms with E-state index in [2.05, 4.69) is 25.2 Å². The van der Waals surface area contributed by atoms with Crippen molar-refractivity contribution in [3.63, 3.8) is 0 Å². The average molecular weight is 222 g/mol. The Morgan fingerprint density at radius 2 is 1.79 bits per heavy atom. The first-order valence-corrected chi connectivity index (χ1v) is 5.00. The molecule has 11 heteroatoms. The molecule has 2 heterocycles. The summed E-state index contributed by atoms with van der Waals surface area (Å²) < 4.78 is 26.2.